The highest BCUT2D eigenvalue weighted by Gasteiger charge is 2.25. The van der Waals surface area contributed by atoms with Crippen molar-refractivity contribution < 1.29 is 23.9 Å². The van der Waals surface area contributed by atoms with Crippen molar-refractivity contribution in [2.45, 2.75) is 11.5 Å². The molecule has 1 saturated heterocycles. The summed E-state index contributed by atoms with van der Waals surface area (Å²) < 4.78 is 7.02. The van der Waals surface area contributed by atoms with Crippen LogP contribution in [0, 0.1) is 0 Å². The molecule has 9 N–H and O–H groups in total. The molecule has 46 heavy (non-hydrogen) atoms. The molecule has 1 aliphatic rings. The summed E-state index contributed by atoms with van der Waals surface area (Å²) in [5.74, 6) is -1.29. The zero-order chi connectivity index (χ0) is 33.2. The summed E-state index contributed by atoms with van der Waals surface area (Å²) in [7, 11) is 0. The number of rotatable bonds is 7. The molecule has 5 rings (SSSR count). The van der Waals surface area contributed by atoms with E-state index in [1.807, 2.05) is 41.4 Å². The largest absolute Gasteiger partial charge is 0.459 e. The molecular weight excluding hydrogens is 610 g/mol. The number of nitrogens with zero attached hydrogens (tertiary/aromatic N) is 5. The summed E-state index contributed by atoms with van der Waals surface area (Å²) in [6.07, 6.45) is 7.13. The first kappa shape index (κ1) is 33.4. The average Bonchev–Trinajstić information content (AvgIpc) is 3.79. The first-order valence-electron chi connectivity index (χ1n) is 14.0. The molecule has 0 unspecified atom stereocenters. The minimum Gasteiger partial charge on any atom is -0.459 e. The summed E-state index contributed by atoms with van der Waals surface area (Å²) in [5, 5.41) is 9.24. The van der Waals surface area contributed by atoms with E-state index in [0.717, 1.165) is 16.3 Å². The lowest BCUT2D eigenvalue weighted by molar-refractivity contribution is 0.0714. The van der Waals surface area contributed by atoms with Gasteiger partial charge in [0.15, 0.2) is 17.7 Å². The van der Waals surface area contributed by atoms with Gasteiger partial charge in [0.05, 0.1) is 18.6 Å². The van der Waals surface area contributed by atoms with E-state index in [2.05, 4.69) is 14.9 Å². The molecule has 2 aromatic heterocycles. The van der Waals surface area contributed by atoms with Gasteiger partial charge >= 0.3 is 0 Å². The monoisotopic (exact) mass is 645 g/mol. The van der Waals surface area contributed by atoms with Gasteiger partial charge in [-0.05, 0) is 72.5 Å². The van der Waals surface area contributed by atoms with E-state index in [0.29, 0.717) is 48.6 Å². The molecule has 0 spiro atoms. The Kier molecular flexibility index (Phi) is 11.2. The number of nitrogens with two attached hydrogens (primary N) is 4. The number of aromatic nitrogens is 1. The Hall–Kier alpha value is -5.54. The van der Waals surface area contributed by atoms with Crippen molar-refractivity contribution >= 4 is 47.1 Å². The fourth-order valence-corrected chi connectivity index (χ4v) is 5.34. The zero-order valence-electron chi connectivity index (χ0n) is 25.1. The highest BCUT2D eigenvalue weighted by molar-refractivity contribution is 7.98. The standard InChI is InChI=1S/C18H21N5O3S.C13H14N4O2/c1-27-15-11-12(16(24)21-18(19)20)4-5-13(15)22-6-8-23(9-7-22)17(25)14-3-2-10-26-14;14-13(15)16-12(19)10-5-9(8-18)6-11(7-10)17-3-1-2-4-17/h2-5,10-11H,6-9H2,1H3,(H4,19,20,21,24);1-7,18H,8H2,(H4,14,15,16,19). The number of piperazine rings is 1. The summed E-state index contributed by atoms with van der Waals surface area (Å²) in [6, 6.07) is 17.5. The maximum absolute atomic E-state index is 12.4. The molecular formula is C31H35N9O5S. The maximum Gasteiger partial charge on any atom is 0.289 e. The van der Waals surface area contributed by atoms with E-state index in [1.165, 1.54) is 6.26 Å². The molecule has 0 saturated carbocycles. The third-order valence-corrected chi connectivity index (χ3v) is 7.60. The van der Waals surface area contributed by atoms with E-state index >= 15 is 0 Å². The number of aliphatic hydroxyl groups is 1. The van der Waals surface area contributed by atoms with Crippen molar-refractivity contribution in [2.24, 2.45) is 32.9 Å². The third-order valence-electron chi connectivity index (χ3n) is 6.84. The second-order valence-corrected chi connectivity index (χ2v) is 10.8. The second-order valence-electron chi connectivity index (χ2n) is 9.96. The molecule has 15 heteroatoms. The van der Waals surface area contributed by atoms with Crippen LogP contribution in [-0.2, 0) is 6.61 Å². The number of aliphatic imine (C=N–C) groups is 2. The van der Waals surface area contributed by atoms with Crippen LogP contribution in [0.2, 0.25) is 0 Å². The van der Waals surface area contributed by atoms with Crippen molar-refractivity contribution in [3.63, 3.8) is 0 Å². The fourth-order valence-electron chi connectivity index (χ4n) is 4.69. The van der Waals surface area contributed by atoms with Gasteiger partial charge in [-0.3, -0.25) is 14.4 Å². The number of carbonyl (C=O) groups is 3. The van der Waals surface area contributed by atoms with Crippen LogP contribution in [0.3, 0.4) is 0 Å². The Labute approximate surface area is 269 Å². The number of aliphatic hydroxyl groups excluding tert-OH is 1. The summed E-state index contributed by atoms with van der Waals surface area (Å²) >= 11 is 1.54. The quantitative estimate of drug-likeness (QED) is 0.111. The van der Waals surface area contributed by atoms with Crippen LogP contribution in [0.4, 0.5) is 5.69 Å². The van der Waals surface area contributed by atoms with E-state index < -0.39 is 11.8 Å². The second kappa shape index (κ2) is 15.5. The van der Waals surface area contributed by atoms with Crippen molar-refractivity contribution in [1.82, 2.24) is 9.47 Å². The Bertz CT molecular complexity index is 1720. The first-order chi connectivity index (χ1) is 22.1. The summed E-state index contributed by atoms with van der Waals surface area (Å²) in [4.78, 5) is 48.2. The van der Waals surface area contributed by atoms with Crippen LogP contribution >= 0.6 is 11.8 Å². The van der Waals surface area contributed by atoms with Crippen LogP contribution < -0.4 is 27.8 Å². The van der Waals surface area contributed by atoms with E-state index in [9.17, 15) is 19.5 Å². The zero-order valence-corrected chi connectivity index (χ0v) is 25.9. The first-order valence-corrected chi connectivity index (χ1v) is 15.2. The van der Waals surface area contributed by atoms with Crippen molar-refractivity contribution in [3.05, 3.63) is 102 Å². The molecule has 3 amide bonds. The highest BCUT2D eigenvalue weighted by atomic mass is 32.2. The number of guanidine groups is 2. The van der Waals surface area contributed by atoms with Crippen molar-refractivity contribution in [2.75, 3.05) is 37.3 Å². The minimum absolute atomic E-state index is 0.0945. The Morgan fingerprint density at radius 2 is 1.50 bits per heavy atom. The van der Waals surface area contributed by atoms with Crippen LogP contribution in [0.5, 0.6) is 0 Å². The molecule has 0 bridgehead atoms. The molecule has 0 atom stereocenters. The number of hydrogen-bond donors (Lipinski definition) is 5. The Balaban J connectivity index is 0.000000222. The van der Waals surface area contributed by atoms with Gasteiger partial charge in [0.2, 0.25) is 0 Å². The van der Waals surface area contributed by atoms with Gasteiger partial charge in [-0.15, -0.1) is 11.8 Å². The number of anilines is 1. The fraction of sp³-hybridized carbons (Fsp3) is 0.194. The van der Waals surface area contributed by atoms with Gasteiger partial charge in [-0.1, -0.05) is 0 Å². The lowest BCUT2D eigenvalue weighted by Crippen LogP contribution is -2.48. The third kappa shape index (κ3) is 8.55. The number of hydrogen-bond acceptors (Lipinski definition) is 7. The molecule has 1 aliphatic heterocycles. The molecule has 240 valence electrons. The van der Waals surface area contributed by atoms with Crippen LogP contribution in [0.25, 0.3) is 5.69 Å². The highest BCUT2D eigenvalue weighted by Crippen LogP contribution is 2.31. The van der Waals surface area contributed by atoms with Gasteiger partial charge in [-0.25, -0.2) is 0 Å². The lowest BCUT2D eigenvalue weighted by Gasteiger charge is -2.36. The number of thioether (sulfide) groups is 1. The van der Waals surface area contributed by atoms with E-state index in [-0.39, 0.29) is 24.4 Å². The normalized spacial score (nSPS) is 12.5. The molecule has 2 aromatic carbocycles. The Morgan fingerprint density at radius 1 is 0.848 bits per heavy atom. The number of amides is 3. The minimum atomic E-state index is -0.538. The molecule has 0 radical (unpaired) electrons. The van der Waals surface area contributed by atoms with Gasteiger partial charge in [-0.2, -0.15) is 9.98 Å². The number of furan rings is 1. The molecule has 4 aromatic rings. The van der Waals surface area contributed by atoms with Gasteiger partial charge in [0.1, 0.15) is 0 Å². The summed E-state index contributed by atoms with van der Waals surface area (Å²) in [6.45, 7) is 2.42. The van der Waals surface area contributed by atoms with E-state index in [4.69, 9.17) is 27.4 Å². The average molecular weight is 646 g/mol. The number of benzene rings is 2. The molecule has 14 nitrogen and oxygen atoms in total. The van der Waals surface area contributed by atoms with Gasteiger partial charge in [0.25, 0.3) is 17.7 Å². The van der Waals surface area contributed by atoms with Crippen LogP contribution in [0.15, 0.2) is 98.6 Å². The molecule has 0 aliphatic carbocycles. The van der Waals surface area contributed by atoms with Gasteiger partial charge in [0, 0.05) is 60.3 Å². The predicted octanol–water partition coefficient (Wildman–Crippen LogP) is 1.76. The Morgan fingerprint density at radius 3 is 2.07 bits per heavy atom. The van der Waals surface area contributed by atoms with Crippen molar-refractivity contribution in [1.29, 1.82) is 0 Å². The predicted molar refractivity (Wildman–Crippen MR) is 177 cm³/mol. The van der Waals surface area contributed by atoms with Crippen LogP contribution in [0.1, 0.15) is 36.8 Å². The SMILES string of the molecule is CSc1cc(C(=O)N=C(N)N)ccc1N1CCN(C(=O)c2ccco2)CC1.NC(N)=NC(=O)c1cc(CO)cc(-n2cccc2)c1. The molecule has 3 heterocycles. The lowest BCUT2D eigenvalue weighted by atomic mass is 10.1. The maximum atomic E-state index is 12.4. The van der Waals surface area contributed by atoms with E-state index in [1.54, 1.807) is 59.1 Å². The van der Waals surface area contributed by atoms with Crippen molar-refractivity contribution in [3.8, 4) is 5.69 Å². The summed E-state index contributed by atoms with van der Waals surface area (Å²) in [5.41, 5.74) is 24.1. The van der Waals surface area contributed by atoms with Gasteiger partial charge < -0.3 is 46.8 Å². The smallest absolute Gasteiger partial charge is 0.289 e. The molecule has 1 fully saturated rings. The topological polar surface area (TPSA) is 225 Å². The number of carbonyl (C=O) groups excluding carboxylic acids is 3. The van der Waals surface area contributed by atoms with Crippen LogP contribution in [-0.4, -0.2) is 76.6 Å².